The molecule has 0 aromatic heterocycles. The lowest BCUT2D eigenvalue weighted by Crippen LogP contribution is -2.03. The van der Waals surface area contributed by atoms with Crippen molar-refractivity contribution in [3.8, 4) is 11.8 Å². The van der Waals surface area contributed by atoms with E-state index in [1.165, 1.54) is 43.9 Å². The van der Waals surface area contributed by atoms with Crippen molar-refractivity contribution in [1.29, 1.82) is 0 Å². The molecule has 0 radical (unpaired) electrons. The molecule has 0 amide bonds. The maximum atomic E-state index is 11.2. The molecule has 0 spiro atoms. The highest BCUT2D eigenvalue weighted by Crippen LogP contribution is 2.25. The Morgan fingerprint density at radius 3 is 2.67 bits per heavy atom. The molecule has 0 saturated heterocycles. The van der Waals surface area contributed by atoms with E-state index in [-0.39, 0.29) is 5.12 Å². The van der Waals surface area contributed by atoms with E-state index < -0.39 is 0 Å². The third-order valence-corrected chi connectivity index (χ3v) is 4.02. The number of rotatable bonds is 1. The standard InChI is InChI=1S/C16H18OS/c1-13(17)18-16-10-6-5-9-15(16)12-11-14-7-3-2-4-8-14/h5-6,9-10,14H,2-4,7-8H2,1H3. The van der Waals surface area contributed by atoms with Gasteiger partial charge in [-0.2, -0.15) is 0 Å². The first-order valence-corrected chi connectivity index (χ1v) is 7.36. The Bertz CT molecular complexity index is 475. The van der Waals surface area contributed by atoms with Crippen LogP contribution in [0.5, 0.6) is 0 Å². The minimum absolute atomic E-state index is 0.113. The molecule has 18 heavy (non-hydrogen) atoms. The van der Waals surface area contributed by atoms with E-state index in [2.05, 4.69) is 11.8 Å². The van der Waals surface area contributed by atoms with Gasteiger partial charge in [0, 0.05) is 23.3 Å². The van der Waals surface area contributed by atoms with Crippen LogP contribution in [-0.2, 0) is 4.79 Å². The van der Waals surface area contributed by atoms with Crippen molar-refractivity contribution in [2.45, 2.75) is 43.9 Å². The first-order chi connectivity index (χ1) is 8.75. The molecule has 1 nitrogen and oxygen atoms in total. The summed E-state index contributed by atoms with van der Waals surface area (Å²) in [5.74, 6) is 7.19. The minimum atomic E-state index is 0.113. The summed E-state index contributed by atoms with van der Waals surface area (Å²) in [6.07, 6.45) is 6.44. The average Bonchev–Trinajstić information content (AvgIpc) is 2.38. The summed E-state index contributed by atoms with van der Waals surface area (Å²) in [6, 6.07) is 7.91. The van der Waals surface area contributed by atoms with Crippen LogP contribution in [0.4, 0.5) is 0 Å². The zero-order valence-electron chi connectivity index (χ0n) is 10.7. The van der Waals surface area contributed by atoms with Crippen LogP contribution in [0.3, 0.4) is 0 Å². The summed E-state index contributed by atoms with van der Waals surface area (Å²) in [6.45, 7) is 1.59. The van der Waals surface area contributed by atoms with E-state index >= 15 is 0 Å². The van der Waals surface area contributed by atoms with Crippen LogP contribution >= 0.6 is 11.8 Å². The highest BCUT2D eigenvalue weighted by Gasteiger charge is 2.10. The Balaban J connectivity index is 2.12. The third-order valence-electron chi connectivity index (χ3n) is 3.16. The maximum absolute atomic E-state index is 11.2. The van der Waals surface area contributed by atoms with E-state index in [0.29, 0.717) is 5.92 Å². The van der Waals surface area contributed by atoms with Gasteiger partial charge in [-0.1, -0.05) is 55.0 Å². The molecule has 0 bridgehead atoms. The van der Waals surface area contributed by atoms with Gasteiger partial charge in [-0.15, -0.1) is 0 Å². The van der Waals surface area contributed by atoms with E-state index in [1.54, 1.807) is 6.92 Å². The molecule has 1 aromatic carbocycles. The summed E-state index contributed by atoms with van der Waals surface area (Å²) in [5.41, 5.74) is 0.989. The molecule has 0 N–H and O–H groups in total. The fraction of sp³-hybridized carbons (Fsp3) is 0.438. The molecule has 0 atom stereocenters. The van der Waals surface area contributed by atoms with Gasteiger partial charge in [-0.05, 0) is 25.0 Å². The second kappa shape index (κ2) is 6.66. The smallest absolute Gasteiger partial charge is 0.190 e. The van der Waals surface area contributed by atoms with Crippen LogP contribution in [0.25, 0.3) is 0 Å². The molecule has 0 aliphatic heterocycles. The predicted molar refractivity (Wildman–Crippen MR) is 76.4 cm³/mol. The average molecular weight is 258 g/mol. The lowest BCUT2D eigenvalue weighted by molar-refractivity contribution is -0.109. The van der Waals surface area contributed by atoms with Gasteiger partial charge in [0.05, 0.1) is 0 Å². The first kappa shape index (κ1) is 13.2. The number of hydrogen-bond acceptors (Lipinski definition) is 2. The van der Waals surface area contributed by atoms with Gasteiger partial charge in [0.15, 0.2) is 5.12 Å². The van der Waals surface area contributed by atoms with Crippen LogP contribution in [-0.4, -0.2) is 5.12 Å². The maximum Gasteiger partial charge on any atom is 0.190 e. The van der Waals surface area contributed by atoms with Gasteiger partial charge in [0.1, 0.15) is 0 Å². The zero-order chi connectivity index (χ0) is 12.8. The van der Waals surface area contributed by atoms with Gasteiger partial charge < -0.3 is 0 Å². The van der Waals surface area contributed by atoms with Crippen molar-refractivity contribution in [1.82, 2.24) is 0 Å². The first-order valence-electron chi connectivity index (χ1n) is 6.54. The van der Waals surface area contributed by atoms with E-state index in [9.17, 15) is 4.79 Å². The van der Waals surface area contributed by atoms with Gasteiger partial charge in [0.2, 0.25) is 0 Å². The fourth-order valence-corrected chi connectivity index (χ4v) is 2.93. The van der Waals surface area contributed by atoms with Crippen molar-refractivity contribution in [2.24, 2.45) is 5.92 Å². The molecule has 1 saturated carbocycles. The zero-order valence-corrected chi connectivity index (χ0v) is 11.6. The Kier molecular flexibility index (Phi) is 4.90. The molecule has 1 aromatic rings. The molecular weight excluding hydrogens is 240 g/mol. The van der Waals surface area contributed by atoms with Crippen molar-refractivity contribution < 1.29 is 4.79 Å². The second-order valence-electron chi connectivity index (χ2n) is 4.69. The number of carbonyl (C=O) groups excluding carboxylic acids is 1. The van der Waals surface area contributed by atoms with Crippen molar-refractivity contribution in [3.05, 3.63) is 29.8 Å². The normalized spacial score (nSPS) is 15.8. The predicted octanol–water partition coefficient (Wildman–Crippen LogP) is 4.26. The molecule has 2 rings (SSSR count). The Morgan fingerprint density at radius 2 is 1.94 bits per heavy atom. The molecule has 2 heteroatoms. The van der Waals surface area contributed by atoms with E-state index in [1.807, 2.05) is 24.3 Å². The van der Waals surface area contributed by atoms with Gasteiger partial charge in [0.25, 0.3) is 0 Å². The topological polar surface area (TPSA) is 17.1 Å². The summed E-state index contributed by atoms with van der Waals surface area (Å²) >= 11 is 1.27. The van der Waals surface area contributed by atoms with Gasteiger partial charge in [-0.3, -0.25) is 4.79 Å². The number of carbonyl (C=O) groups is 1. The summed E-state index contributed by atoms with van der Waals surface area (Å²) in [7, 11) is 0. The molecule has 94 valence electrons. The lowest BCUT2D eigenvalue weighted by Gasteiger charge is -2.15. The van der Waals surface area contributed by atoms with Gasteiger partial charge in [-0.25, -0.2) is 0 Å². The van der Waals surface area contributed by atoms with Crippen molar-refractivity contribution in [3.63, 3.8) is 0 Å². The van der Waals surface area contributed by atoms with Gasteiger partial charge >= 0.3 is 0 Å². The van der Waals surface area contributed by atoms with Crippen molar-refractivity contribution >= 4 is 16.9 Å². The van der Waals surface area contributed by atoms with Crippen LogP contribution in [0.2, 0.25) is 0 Å². The van der Waals surface area contributed by atoms with Crippen LogP contribution in [0.1, 0.15) is 44.6 Å². The highest BCUT2D eigenvalue weighted by atomic mass is 32.2. The molecule has 1 aliphatic rings. The summed E-state index contributed by atoms with van der Waals surface area (Å²) in [5, 5.41) is 0.113. The van der Waals surface area contributed by atoms with Crippen molar-refractivity contribution in [2.75, 3.05) is 0 Å². The minimum Gasteiger partial charge on any atom is -0.287 e. The quantitative estimate of drug-likeness (QED) is 0.553. The van der Waals surface area contributed by atoms with Crippen LogP contribution < -0.4 is 0 Å². The van der Waals surface area contributed by atoms with E-state index in [0.717, 1.165) is 10.5 Å². The Morgan fingerprint density at radius 1 is 1.22 bits per heavy atom. The molecule has 0 unspecified atom stereocenters. The summed E-state index contributed by atoms with van der Waals surface area (Å²) in [4.78, 5) is 12.2. The fourth-order valence-electron chi connectivity index (χ4n) is 2.24. The Labute approximate surface area is 113 Å². The number of hydrogen-bond donors (Lipinski definition) is 0. The molecule has 1 fully saturated rings. The largest absolute Gasteiger partial charge is 0.287 e. The van der Waals surface area contributed by atoms with E-state index in [4.69, 9.17) is 0 Å². The molecule has 1 aliphatic carbocycles. The number of thioether (sulfide) groups is 1. The molecule has 0 heterocycles. The SMILES string of the molecule is CC(=O)Sc1ccccc1C#CC1CCCCC1. The second-order valence-corrected chi connectivity index (χ2v) is 5.91. The van der Waals surface area contributed by atoms with Crippen LogP contribution in [0, 0.1) is 17.8 Å². The third kappa shape index (κ3) is 3.92. The lowest BCUT2D eigenvalue weighted by atomic mass is 9.90. The highest BCUT2D eigenvalue weighted by molar-refractivity contribution is 8.13. The number of benzene rings is 1. The van der Waals surface area contributed by atoms with Crippen LogP contribution in [0.15, 0.2) is 29.2 Å². The monoisotopic (exact) mass is 258 g/mol. The summed E-state index contributed by atoms with van der Waals surface area (Å²) < 4.78 is 0. The molecular formula is C16H18OS. The Hall–Kier alpha value is -1.20.